The summed E-state index contributed by atoms with van der Waals surface area (Å²) in [6.45, 7) is 6.60. The van der Waals surface area contributed by atoms with Gasteiger partial charge in [-0.3, -0.25) is 0 Å². The second-order valence-electron chi connectivity index (χ2n) is 7.78. The fraction of sp³-hybridized carbons (Fsp3) is 0.500. The van der Waals surface area contributed by atoms with E-state index in [9.17, 15) is 0 Å². The van der Waals surface area contributed by atoms with Crippen LogP contribution in [0.3, 0.4) is 0 Å². The summed E-state index contributed by atoms with van der Waals surface area (Å²) in [5.74, 6) is 0.161. The van der Waals surface area contributed by atoms with E-state index >= 15 is 0 Å². The van der Waals surface area contributed by atoms with E-state index in [-0.39, 0.29) is 5.92 Å². The average molecular weight is 384 g/mol. The van der Waals surface area contributed by atoms with Gasteiger partial charge in [0.05, 0.1) is 0 Å². The van der Waals surface area contributed by atoms with E-state index in [0.29, 0.717) is 0 Å². The summed E-state index contributed by atoms with van der Waals surface area (Å²) in [6.07, 6.45) is 15.1. The molecule has 0 saturated heterocycles. The van der Waals surface area contributed by atoms with Crippen molar-refractivity contribution in [3.63, 3.8) is 0 Å². The molecule has 0 aliphatic rings. The Morgan fingerprint density at radius 2 is 1.11 bits per heavy atom. The molecule has 0 aliphatic carbocycles. The van der Waals surface area contributed by atoms with Crippen LogP contribution in [0, 0.1) is 6.92 Å². The zero-order valence-electron chi connectivity index (χ0n) is 17.1. The quantitative estimate of drug-likeness (QED) is 0.303. The SMILES string of the molecule is [CH2]C(c1ccc(Cl)cc1)c1ccc(CCCCCCCCCCCC)cc1. The molecule has 0 heterocycles. The minimum atomic E-state index is 0.161. The molecule has 1 atom stereocenters. The largest absolute Gasteiger partial charge is 0.0843 e. The van der Waals surface area contributed by atoms with E-state index in [2.05, 4.69) is 50.2 Å². The Kier molecular flexibility index (Phi) is 10.6. The second kappa shape index (κ2) is 13.0. The highest BCUT2D eigenvalue weighted by Gasteiger charge is 2.08. The van der Waals surface area contributed by atoms with Crippen LogP contribution in [0.15, 0.2) is 48.5 Å². The van der Waals surface area contributed by atoms with Crippen LogP contribution in [0.4, 0.5) is 0 Å². The van der Waals surface area contributed by atoms with Crippen molar-refractivity contribution >= 4 is 11.6 Å². The lowest BCUT2D eigenvalue weighted by Gasteiger charge is -2.13. The molecule has 1 radical (unpaired) electrons. The van der Waals surface area contributed by atoms with Crippen molar-refractivity contribution in [3.8, 4) is 0 Å². The predicted molar refractivity (Wildman–Crippen MR) is 121 cm³/mol. The Bertz CT molecular complexity index is 612. The van der Waals surface area contributed by atoms with Crippen LogP contribution >= 0.6 is 11.6 Å². The van der Waals surface area contributed by atoms with Gasteiger partial charge in [-0.2, -0.15) is 0 Å². The van der Waals surface area contributed by atoms with Crippen molar-refractivity contribution in [1.29, 1.82) is 0 Å². The summed E-state index contributed by atoms with van der Waals surface area (Å²) in [7, 11) is 0. The number of halogens is 1. The van der Waals surface area contributed by atoms with E-state index in [1.165, 1.54) is 87.3 Å². The number of hydrogen-bond acceptors (Lipinski definition) is 0. The Morgan fingerprint density at radius 1 is 0.667 bits per heavy atom. The highest BCUT2D eigenvalue weighted by Crippen LogP contribution is 2.25. The van der Waals surface area contributed by atoms with Gasteiger partial charge in [-0.05, 0) is 48.6 Å². The highest BCUT2D eigenvalue weighted by molar-refractivity contribution is 6.30. The molecule has 0 nitrogen and oxygen atoms in total. The molecule has 2 aromatic rings. The normalized spacial score (nSPS) is 12.3. The van der Waals surface area contributed by atoms with Crippen molar-refractivity contribution in [2.75, 3.05) is 0 Å². The van der Waals surface area contributed by atoms with Gasteiger partial charge in [0.2, 0.25) is 0 Å². The summed E-state index contributed by atoms with van der Waals surface area (Å²) in [6, 6.07) is 17.0. The van der Waals surface area contributed by atoms with Crippen LogP contribution in [-0.2, 0) is 6.42 Å². The smallest absolute Gasteiger partial charge is 0.0406 e. The van der Waals surface area contributed by atoms with E-state index < -0.39 is 0 Å². The van der Waals surface area contributed by atoms with Gasteiger partial charge in [0.25, 0.3) is 0 Å². The molecule has 0 N–H and O–H groups in total. The van der Waals surface area contributed by atoms with Gasteiger partial charge < -0.3 is 0 Å². The van der Waals surface area contributed by atoms with Gasteiger partial charge >= 0.3 is 0 Å². The van der Waals surface area contributed by atoms with Crippen LogP contribution in [0.25, 0.3) is 0 Å². The molecule has 0 aliphatic heterocycles. The standard InChI is InChI=1S/C26H36Cl/c1-3-4-5-6-7-8-9-10-11-12-13-23-14-16-24(17-15-23)22(2)25-18-20-26(27)21-19-25/h14-22H,2-13H2,1H3. The van der Waals surface area contributed by atoms with Crippen LogP contribution in [-0.4, -0.2) is 0 Å². The van der Waals surface area contributed by atoms with Crippen molar-refractivity contribution in [3.05, 3.63) is 77.2 Å². The topological polar surface area (TPSA) is 0 Å². The maximum Gasteiger partial charge on any atom is 0.0406 e. The number of aryl methyl sites for hydroxylation is 1. The van der Waals surface area contributed by atoms with E-state index in [4.69, 9.17) is 11.6 Å². The summed E-state index contributed by atoms with van der Waals surface area (Å²) < 4.78 is 0. The molecular formula is C26H36Cl. The summed E-state index contributed by atoms with van der Waals surface area (Å²) in [5.41, 5.74) is 3.92. The van der Waals surface area contributed by atoms with Crippen LogP contribution in [0.1, 0.15) is 93.7 Å². The lowest BCUT2D eigenvalue weighted by atomic mass is 9.92. The first-order valence-electron chi connectivity index (χ1n) is 10.9. The highest BCUT2D eigenvalue weighted by atomic mass is 35.5. The molecule has 0 saturated carbocycles. The Balaban J connectivity index is 1.62. The first-order valence-corrected chi connectivity index (χ1v) is 11.3. The maximum atomic E-state index is 5.98. The van der Waals surface area contributed by atoms with Gasteiger partial charge in [0, 0.05) is 10.9 Å². The van der Waals surface area contributed by atoms with Crippen molar-refractivity contribution in [2.45, 2.75) is 83.5 Å². The molecule has 147 valence electrons. The molecule has 1 heteroatoms. The van der Waals surface area contributed by atoms with Crippen LogP contribution in [0.2, 0.25) is 5.02 Å². The lowest BCUT2D eigenvalue weighted by Crippen LogP contribution is -1.96. The molecule has 0 spiro atoms. The molecular weight excluding hydrogens is 348 g/mol. The molecule has 0 amide bonds. The van der Waals surface area contributed by atoms with Crippen molar-refractivity contribution in [2.24, 2.45) is 0 Å². The third kappa shape index (κ3) is 8.52. The third-order valence-electron chi connectivity index (χ3n) is 5.47. The molecule has 2 aromatic carbocycles. The number of benzene rings is 2. The molecule has 0 fully saturated rings. The van der Waals surface area contributed by atoms with Gasteiger partial charge in [-0.1, -0.05) is 113 Å². The number of rotatable bonds is 13. The van der Waals surface area contributed by atoms with Crippen molar-refractivity contribution < 1.29 is 0 Å². The van der Waals surface area contributed by atoms with E-state index in [0.717, 1.165) is 5.02 Å². The fourth-order valence-corrected chi connectivity index (χ4v) is 3.75. The Labute approximate surface area is 172 Å². The zero-order chi connectivity index (χ0) is 19.3. The van der Waals surface area contributed by atoms with Gasteiger partial charge in [0.15, 0.2) is 0 Å². The molecule has 0 bridgehead atoms. The Hall–Kier alpha value is -1.27. The number of unbranched alkanes of at least 4 members (excludes halogenated alkanes) is 9. The van der Waals surface area contributed by atoms with Crippen LogP contribution in [0.5, 0.6) is 0 Å². The van der Waals surface area contributed by atoms with Gasteiger partial charge in [-0.15, -0.1) is 0 Å². The molecule has 27 heavy (non-hydrogen) atoms. The first-order chi connectivity index (χ1) is 13.2. The van der Waals surface area contributed by atoms with E-state index in [1.807, 2.05) is 12.1 Å². The van der Waals surface area contributed by atoms with E-state index in [1.54, 1.807) is 0 Å². The average Bonchev–Trinajstić information content (AvgIpc) is 2.70. The lowest BCUT2D eigenvalue weighted by molar-refractivity contribution is 0.556. The minimum absolute atomic E-state index is 0.161. The molecule has 0 aromatic heterocycles. The minimum Gasteiger partial charge on any atom is -0.0843 e. The van der Waals surface area contributed by atoms with Gasteiger partial charge in [0.1, 0.15) is 0 Å². The summed E-state index contributed by atoms with van der Waals surface area (Å²) in [5, 5.41) is 0.776. The van der Waals surface area contributed by atoms with Crippen LogP contribution < -0.4 is 0 Å². The summed E-state index contributed by atoms with van der Waals surface area (Å²) >= 11 is 5.98. The second-order valence-corrected chi connectivity index (χ2v) is 8.21. The summed E-state index contributed by atoms with van der Waals surface area (Å²) in [4.78, 5) is 0. The predicted octanol–water partition coefficient (Wildman–Crippen LogP) is 8.77. The monoisotopic (exact) mass is 383 g/mol. The molecule has 1 unspecified atom stereocenters. The third-order valence-corrected chi connectivity index (χ3v) is 5.73. The number of hydrogen-bond donors (Lipinski definition) is 0. The first kappa shape index (κ1) is 22.0. The van der Waals surface area contributed by atoms with Crippen molar-refractivity contribution in [1.82, 2.24) is 0 Å². The van der Waals surface area contributed by atoms with Gasteiger partial charge in [-0.25, -0.2) is 0 Å². The fourth-order valence-electron chi connectivity index (χ4n) is 3.62. The Morgan fingerprint density at radius 3 is 1.63 bits per heavy atom. The maximum absolute atomic E-state index is 5.98. The molecule has 2 rings (SSSR count). The zero-order valence-corrected chi connectivity index (χ0v) is 17.8.